The van der Waals surface area contributed by atoms with Crippen molar-refractivity contribution in [3.8, 4) is 0 Å². The van der Waals surface area contributed by atoms with Crippen LogP contribution in [0.25, 0.3) is 10.8 Å². The summed E-state index contributed by atoms with van der Waals surface area (Å²) in [5, 5.41) is 7.75. The average molecular weight is 524 g/mol. The first-order chi connectivity index (χ1) is 18.2. The van der Waals surface area contributed by atoms with Gasteiger partial charge in [-0.05, 0) is 41.5 Å². The number of carbonyl (C=O) groups is 3. The number of amides is 3. The Kier molecular flexibility index (Phi) is 10.9. The van der Waals surface area contributed by atoms with Crippen LogP contribution in [-0.2, 0) is 20.8 Å². The molecule has 0 aromatic heterocycles. The lowest BCUT2D eigenvalue weighted by Crippen LogP contribution is -2.56. The number of guanidine groups is 1. The number of aliphatic imine (C=N–C) groups is 1. The SMILES string of the molecule is NC(=O)[C@H](Cc1ccc2ccccc2c1)NC(=O)[C@H](CC1CCCCC1)NC(=O)[C@@H](N)CCCN=C(N)N. The van der Waals surface area contributed by atoms with Crippen molar-refractivity contribution in [3.05, 3.63) is 48.0 Å². The third-order valence-electron chi connectivity index (χ3n) is 7.14. The molecule has 1 fully saturated rings. The van der Waals surface area contributed by atoms with Crippen LogP contribution >= 0.6 is 0 Å². The Hall–Kier alpha value is -3.66. The molecule has 0 bridgehead atoms. The Morgan fingerprint density at radius 1 is 0.895 bits per heavy atom. The van der Waals surface area contributed by atoms with Crippen LogP contribution in [0.4, 0.5) is 0 Å². The number of carbonyl (C=O) groups excluding carboxylic acids is 3. The lowest BCUT2D eigenvalue weighted by atomic mass is 9.84. The van der Waals surface area contributed by atoms with Crippen LogP contribution in [0, 0.1) is 5.92 Å². The van der Waals surface area contributed by atoms with Gasteiger partial charge in [0.2, 0.25) is 17.7 Å². The van der Waals surface area contributed by atoms with Gasteiger partial charge in [0.25, 0.3) is 0 Å². The van der Waals surface area contributed by atoms with Crippen molar-refractivity contribution in [1.29, 1.82) is 0 Å². The van der Waals surface area contributed by atoms with Crippen LogP contribution in [0.1, 0.15) is 56.9 Å². The zero-order valence-electron chi connectivity index (χ0n) is 21.9. The van der Waals surface area contributed by atoms with Gasteiger partial charge in [-0.1, -0.05) is 74.6 Å². The minimum absolute atomic E-state index is 0.0139. The zero-order valence-corrected chi connectivity index (χ0v) is 21.9. The summed E-state index contributed by atoms with van der Waals surface area (Å²) in [6, 6.07) is 11.3. The van der Waals surface area contributed by atoms with E-state index in [0.29, 0.717) is 31.7 Å². The zero-order chi connectivity index (χ0) is 27.5. The summed E-state index contributed by atoms with van der Waals surface area (Å²) in [4.78, 5) is 42.5. The smallest absolute Gasteiger partial charge is 0.243 e. The normalized spacial score (nSPS) is 16.2. The van der Waals surface area contributed by atoms with Gasteiger partial charge in [0, 0.05) is 13.0 Å². The number of fused-ring (bicyclic) bond motifs is 1. The number of hydrogen-bond donors (Lipinski definition) is 6. The molecule has 0 saturated heterocycles. The maximum absolute atomic E-state index is 13.4. The highest BCUT2D eigenvalue weighted by molar-refractivity contribution is 5.93. The van der Waals surface area contributed by atoms with Gasteiger partial charge >= 0.3 is 0 Å². The molecule has 3 amide bonds. The molecule has 2 aromatic rings. The van der Waals surface area contributed by atoms with Gasteiger partial charge in [-0.2, -0.15) is 0 Å². The topological polar surface area (TPSA) is 192 Å². The van der Waals surface area contributed by atoms with E-state index in [1.807, 2.05) is 42.5 Å². The molecule has 38 heavy (non-hydrogen) atoms. The predicted molar refractivity (Wildman–Crippen MR) is 150 cm³/mol. The van der Waals surface area contributed by atoms with E-state index >= 15 is 0 Å². The van der Waals surface area contributed by atoms with Gasteiger partial charge in [0.1, 0.15) is 12.1 Å². The highest BCUT2D eigenvalue weighted by Crippen LogP contribution is 2.27. The average Bonchev–Trinajstić information content (AvgIpc) is 2.90. The van der Waals surface area contributed by atoms with Crippen LogP contribution in [0.5, 0.6) is 0 Å². The monoisotopic (exact) mass is 523 g/mol. The molecule has 10 nitrogen and oxygen atoms in total. The first-order valence-electron chi connectivity index (χ1n) is 13.4. The van der Waals surface area contributed by atoms with Crippen LogP contribution in [0.2, 0.25) is 0 Å². The third-order valence-corrected chi connectivity index (χ3v) is 7.14. The molecule has 10 heteroatoms. The van der Waals surface area contributed by atoms with E-state index in [0.717, 1.165) is 42.0 Å². The third kappa shape index (κ3) is 9.02. The lowest BCUT2D eigenvalue weighted by Gasteiger charge is -2.28. The van der Waals surface area contributed by atoms with Crippen molar-refractivity contribution < 1.29 is 14.4 Å². The minimum Gasteiger partial charge on any atom is -0.370 e. The van der Waals surface area contributed by atoms with Crippen LogP contribution < -0.4 is 33.6 Å². The largest absolute Gasteiger partial charge is 0.370 e. The first kappa shape index (κ1) is 28.9. The van der Waals surface area contributed by atoms with Crippen molar-refractivity contribution >= 4 is 34.5 Å². The molecule has 1 aliphatic carbocycles. The number of primary amides is 1. The second kappa shape index (κ2) is 14.3. The Morgan fingerprint density at radius 3 is 2.26 bits per heavy atom. The van der Waals surface area contributed by atoms with Crippen molar-refractivity contribution in [2.75, 3.05) is 6.54 Å². The summed E-state index contributed by atoms with van der Waals surface area (Å²) in [6.45, 7) is 0.365. The van der Waals surface area contributed by atoms with E-state index in [9.17, 15) is 14.4 Å². The molecule has 3 rings (SSSR count). The number of nitrogens with zero attached hydrogens (tertiary/aromatic N) is 1. The summed E-state index contributed by atoms with van der Waals surface area (Å²) in [5.41, 5.74) is 23.3. The van der Waals surface area contributed by atoms with E-state index in [2.05, 4.69) is 15.6 Å². The van der Waals surface area contributed by atoms with Gasteiger partial charge in [0.15, 0.2) is 5.96 Å². The molecule has 0 spiro atoms. The molecule has 2 aromatic carbocycles. The van der Waals surface area contributed by atoms with E-state index in [1.54, 1.807) is 0 Å². The van der Waals surface area contributed by atoms with E-state index in [1.165, 1.54) is 6.42 Å². The Labute approximate surface area is 224 Å². The minimum atomic E-state index is -0.914. The summed E-state index contributed by atoms with van der Waals surface area (Å²) in [6.07, 6.45) is 7.01. The molecule has 1 saturated carbocycles. The van der Waals surface area contributed by atoms with Gasteiger partial charge in [-0.15, -0.1) is 0 Å². The van der Waals surface area contributed by atoms with Gasteiger partial charge < -0.3 is 33.6 Å². The maximum Gasteiger partial charge on any atom is 0.243 e. The Balaban J connectivity index is 1.67. The molecule has 0 aliphatic heterocycles. The van der Waals surface area contributed by atoms with Crippen molar-refractivity contribution in [1.82, 2.24) is 10.6 Å². The molecule has 0 radical (unpaired) electrons. The van der Waals surface area contributed by atoms with Crippen molar-refractivity contribution in [2.45, 2.75) is 75.9 Å². The molecule has 1 aliphatic rings. The van der Waals surface area contributed by atoms with Gasteiger partial charge in [-0.3, -0.25) is 19.4 Å². The maximum atomic E-state index is 13.4. The van der Waals surface area contributed by atoms with Gasteiger partial charge in [-0.25, -0.2) is 0 Å². The second-order valence-electron chi connectivity index (χ2n) is 10.2. The quantitative estimate of drug-likeness (QED) is 0.130. The lowest BCUT2D eigenvalue weighted by molar-refractivity contribution is -0.132. The summed E-state index contributed by atoms with van der Waals surface area (Å²) in [7, 11) is 0. The molecule has 0 heterocycles. The van der Waals surface area contributed by atoms with E-state index in [4.69, 9.17) is 22.9 Å². The molecular formula is C28H41N7O3. The number of rotatable bonds is 13. The summed E-state index contributed by atoms with van der Waals surface area (Å²) >= 11 is 0. The summed E-state index contributed by atoms with van der Waals surface area (Å²) < 4.78 is 0. The molecule has 0 unspecified atom stereocenters. The highest BCUT2D eigenvalue weighted by Gasteiger charge is 2.30. The molecule has 3 atom stereocenters. The first-order valence-corrected chi connectivity index (χ1v) is 13.4. The molecule has 206 valence electrons. The number of nitrogens with two attached hydrogens (primary N) is 4. The van der Waals surface area contributed by atoms with Crippen molar-refractivity contribution in [3.63, 3.8) is 0 Å². The predicted octanol–water partition coefficient (Wildman–Crippen LogP) is 1.19. The van der Waals surface area contributed by atoms with E-state index in [-0.39, 0.29) is 12.4 Å². The fourth-order valence-electron chi connectivity index (χ4n) is 5.01. The van der Waals surface area contributed by atoms with E-state index < -0.39 is 35.8 Å². The summed E-state index contributed by atoms with van der Waals surface area (Å²) in [5.74, 6) is -1.19. The van der Waals surface area contributed by atoms with Crippen LogP contribution in [-0.4, -0.2) is 48.4 Å². The van der Waals surface area contributed by atoms with Crippen LogP contribution in [0.3, 0.4) is 0 Å². The van der Waals surface area contributed by atoms with Gasteiger partial charge in [0.05, 0.1) is 6.04 Å². The fraction of sp³-hybridized carbons (Fsp3) is 0.500. The van der Waals surface area contributed by atoms with Crippen molar-refractivity contribution in [2.24, 2.45) is 33.8 Å². The van der Waals surface area contributed by atoms with Crippen LogP contribution in [0.15, 0.2) is 47.5 Å². The highest BCUT2D eigenvalue weighted by atomic mass is 16.2. The Morgan fingerprint density at radius 2 is 1.58 bits per heavy atom. The number of nitrogens with one attached hydrogen (secondary N) is 2. The second-order valence-corrected chi connectivity index (χ2v) is 10.2. The number of hydrogen-bond acceptors (Lipinski definition) is 5. The fourth-order valence-corrected chi connectivity index (χ4v) is 5.01. The molecular weight excluding hydrogens is 482 g/mol. The standard InChI is InChI=1S/C28H41N7O3/c29-22(11-6-14-33-28(31)32)26(37)35-24(16-18-7-2-1-3-8-18)27(38)34-23(25(30)36)17-19-12-13-20-9-4-5-10-21(20)15-19/h4-5,9-10,12-13,15,18,22-24H,1-3,6-8,11,14,16-17,29H2,(H2,30,36)(H,34,38)(H,35,37)(H4,31,32,33)/t22-,23-,24-/m0/s1. The molecule has 10 N–H and O–H groups in total. The number of benzene rings is 2. The Bertz CT molecular complexity index is 1130.